The molecular weight excluding hydrogens is 117 g/mol. The average molecular weight is 127 g/mol. The molecule has 0 aliphatic rings. The van der Waals surface area contributed by atoms with E-state index in [0.717, 1.165) is 6.07 Å². The molecule has 0 aliphatic carbocycles. The van der Waals surface area contributed by atoms with E-state index in [0.29, 0.717) is 0 Å². The van der Waals surface area contributed by atoms with Gasteiger partial charge in [0.05, 0.1) is 2.74 Å². The van der Waals surface area contributed by atoms with E-state index in [1.54, 1.807) is 0 Å². The first kappa shape index (κ1) is 3.88. The fraction of sp³-hybridized carbons (Fsp3) is 0.143. The number of rotatable bonds is 0. The SMILES string of the molecule is [2H]c1cc(F)c(C)c([2H])c1N. The van der Waals surface area contributed by atoms with Crippen LogP contribution in [0.2, 0.25) is 0 Å². The molecule has 1 rings (SSSR count). The molecule has 0 saturated heterocycles. The molecule has 0 heterocycles. The number of nitrogens with two attached hydrogens (primary N) is 1. The van der Waals surface area contributed by atoms with Crippen molar-refractivity contribution < 1.29 is 7.13 Å². The predicted octanol–water partition coefficient (Wildman–Crippen LogP) is 1.72. The minimum absolute atomic E-state index is 0.0314. The van der Waals surface area contributed by atoms with Crippen LogP contribution in [0.4, 0.5) is 10.1 Å². The van der Waals surface area contributed by atoms with Crippen LogP contribution in [0.15, 0.2) is 18.2 Å². The van der Waals surface area contributed by atoms with Crippen LogP contribution in [0.1, 0.15) is 8.30 Å². The Labute approximate surface area is 56.1 Å². The van der Waals surface area contributed by atoms with Crippen LogP contribution in [0, 0.1) is 12.7 Å². The van der Waals surface area contributed by atoms with Crippen LogP contribution in [0.5, 0.6) is 0 Å². The average Bonchev–Trinajstić information content (AvgIpc) is 1.97. The van der Waals surface area contributed by atoms with Crippen molar-refractivity contribution in [2.24, 2.45) is 0 Å². The van der Waals surface area contributed by atoms with Gasteiger partial charge in [-0.3, -0.25) is 0 Å². The zero-order valence-electron chi connectivity index (χ0n) is 7.03. The van der Waals surface area contributed by atoms with Gasteiger partial charge in [0.15, 0.2) is 0 Å². The molecule has 0 fully saturated rings. The summed E-state index contributed by atoms with van der Waals surface area (Å²) in [6.45, 7) is 1.47. The van der Waals surface area contributed by atoms with Crippen LogP contribution < -0.4 is 5.73 Å². The van der Waals surface area contributed by atoms with Crippen molar-refractivity contribution in [2.45, 2.75) is 6.92 Å². The maximum absolute atomic E-state index is 12.7. The molecular formula is C7H8FN. The molecule has 1 aromatic carbocycles. The summed E-state index contributed by atoms with van der Waals surface area (Å²) < 4.78 is 27.1. The quantitative estimate of drug-likeness (QED) is 0.527. The fourth-order valence-corrected chi connectivity index (χ4v) is 0.547. The van der Waals surface area contributed by atoms with Crippen molar-refractivity contribution in [1.82, 2.24) is 0 Å². The third-order valence-corrected chi connectivity index (χ3v) is 1.03. The maximum atomic E-state index is 12.7. The highest BCUT2D eigenvalue weighted by atomic mass is 19.1. The Hall–Kier alpha value is -1.05. The van der Waals surface area contributed by atoms with Crippen LogP contribution in [0.25, 0.3) is 0 Å². The lowest BCUT2D eigenvalue weighted by atomic mass is 10.2. The highest BCUT2D eigenvalue weighted by molar-refractivity contribution is 5.40. The zero-order chi connectivity index (χ0) is 8.59. The van der Waals surface area contributed by atoms with Gasteiger partial charge in [-0.2, -0.15) is 0 Å². The van der Waals surface area contributed by atoms with E-state index < -0.39 is 5.82 Å². The van der Waals surface area contributed by atoms with Crippen molar-refractivity contribution in [2.75, 3.05) is 5.73 Å². The smallest absolute Gasteiger partial charge is 0.126 e. The number of benzene rings is 1. The summed E-state index contributed by atoms with van der Waals surface area (Å²) in [4.78, 5) is 0. The van der Waals surface area contributed by atoms with Gasteiger partial charge < -0.3 is 5.73 Å². The molecule has 0 unspecified atom stereocenters. The van der Waals surface area contributed by atoms with Gasteiger partial charge in [-0.1, -0.05) is 0 Å². The second kappa shape index (κ2) is 2.05. The molecule has 1 nitrogen and oxygen atoms in total. The summed E-state index contributed by atoms with van der Waals surface area (Å²) in [5.74, 6) is -0.547. The van der Waals surface area contributed by atoms with E-state index in [9.17, 15) is 4.39 Å². The Bertz CT molecular complexity index is 273. The summed E-state index contributed by atoms with van der Waals surface area (Å²) in [7, 11) is 0. The van der Waals surface area contributed by atoms with Gasteiger partial charge in [-0.25, -0.2) is 4.39 Å². The number of halogens is 1. The predicted molar refractivity (Wildman–Crippen MR) is 35.5 cm³/mol. The number of hydrogen-bond donors (Lipinski definition) is 1. The number of anilines is 1. The highest BCUT2D eigenvalue weighted by Gasteiger charge is 1.93. The Morgan fingerprint density at radius 1 is 1.78 bits per heavy atom. The Morgan fingerprint density at radius 3 is 3.11 bits per heavy atom. The molecule has 0 saturated carbocycles. The van der Waals surface area contributed by atoms with Crippen LogP contribution in [-0.2, 0) is 0 Å². The standard InChI is InChI=1S/C7H8FN/c1-5-4-6(9)2-3-7(5)8/h2-4H,9H2,1H3/i2D,4D. The van der Waals surface area contributed by atoms with Gasteiger partial charge in [-0.15, -0.1) is 0 Å². The molecule has 0 aromatic heterocycles. The molecule has 0 radical (unpaired) electrons. The second-order valence-corrected chi connectivity index (χ2v) is 1.80. The van der Waals surface area contributed by atoms with Gasteiger partial charge in [-0.05, 0) is 30.6 Å². The minimum Gasteiger partial charge on any atom is -0.399 e. The van der Waals surface area contributed by atoms with E-state index in [2.05, 4.69) is 0 Å². The second-order valence-electron chi connectivity index (χ2n) is 1.80. The van der Waals surface area contributed by atoms with Crippen molar-refractivity contribution in [1.29, 1.82) is 0 Å². The number of nitrogen functional groups attached to an aromatic ring is 1. The Morgan fingerprint density at radius 2 is 2.44 bits per heavy atom. The molecule has 0 aliphatic heterocycles. The van der Waals surface area contributed by atoms with Gasteiger partial charge in [0.1, 0.15) is 5.82 Å². The molecule has 0 bridgehead atoms. The van der Waals surface area contributed by atoms with E-state index in [-0.39, 0.29) is 23.3 Å². The van der Waals surface area contributed by atoms with E-state index in [1.165, 1.54) is 6.92 Å². The van der Waals surface area contributed by atoms with Gasteiger partial charge in [0.25, 0.3) is 0 Å². The van der Waals surface area contributed by atoms with E-state index in [1.807, 2.05) is 0 Å². The van der Waals surface area contributed by atoms with Gasteiger partial charge >= 0.3 is 0 Å². The molecule has 9 heavy (non-hydrogen) atoms. The molecule has 2 heteroatoms. The molecule has 1 aromatic rings. The summed E-state index contributed by atoms with van der Waals surface area (Å²) in [6.07, 6.45) is 0. The number of hydrogen-bond acceptors (Lipinski definition) is 1. The molecule has 0 amide bonds. The van der Waals surface area contributed by atoms with Crippen molar-refractivity contribution >= 4 is 5.69 Å². The summed E-state index contributed by atoms with van der Waals surface area (Å²) in [5.41, 5.74) is 5.53. The topological polar surface area (TPSA) is 26.0 Å². The third-order valence-electron chi connectivity index (χ3n) is 1.03. The van der Waals surface area contributed by atoms with E-state index in [4.69, 9.17) is 8.48 Å². The van der Waals surface area contributed by atoms with Gasteiger partial charge in [0, 0.05) is 5.69 Å². The van der Waals surface area contributed by atoms with Crippen LogP contribution in [-0.4, -0.2) is 0 Å². The molecule has 48 valence electrons. The Balaban J connectivity index is 3.46. The van der Waals surface area contributed by atoms with Crippen LogP contribution >= 0.6 is 0 Å². The van der Waals surface area contributed by atoms with Crippen molar-refractivity contribution in [3.05, 3.63) is 29.5 Å². The molecule has 2 N–H and O–H groups in total. The first-order valence-electron chi connectivity index (χ1n) is 3.56. The summed E-state index contributed by atoms with van der Waals surface area (Å²) >= 11 is 0. The Kier molecular flexibility index (Phi) is 0.884. The van der Waals surface area contributed by atoms with Crippen molar-refractivity contribution in [3.8, 4) is 0 Å². The van der Waals surface area contributed by atoms with E-state index >= 15 is 0 Å². The van der Waals surface area contributed by atoms with Crippen molar-refractivity contribution in [3.63, 3.8) is 0 Å². The monoisotopic (exact) mass is 127 g/mol. The molecule has 0 atom stereocenters. The molecule has 0 spiro atoms. The fourth-order valence-electron chi connectivity index (χ4n) is 0.547. The largest absolute Gasteiger partial charge is 0.399 e. The minimum atomic E-state index is -0.547. The zero-order valence-corrected chi connectivity index (χ0v) is 5.03. The first-order valence-corrected chi connectivity index (χ1v) is 2.56. The highest BCUT2D eigenvalue weighted by Crippen LogP contribution is 2.09. The summed E-state index contributed by atoms with van der Waals surface area (Å²) in [5, 5.41) is 0. The normalized spacial score (nSPS) is 12.7. The van der Waals surface area contributed by atoms with Gasteiger partial charge in [0.2, 0.25) is 0 Å². The van der Waals surface area contributed by atoms with Crippen LogP contribution in [0.3, 0.4) is 0 Å². The lowest BCUT2D eigenvalue weighted by Gasteiger charge is -1.95. The first-order chi connectivity index (χ1) is 5.04. The summed E-state index contributed by atoms with van der Waals surface area (Å²) in [6, 6.07) is 0.802. The maximum Gasteiger partial charge on any atom is 0.126 e. The third kappa shape index (κ3) is 1.19. The lowest BCUT2D eigenvalue weighted by Crippen LogP contribution is -1.87. The lowest BCUT2D eigenvalue weighted by molar-refractivity contribution is 0.619.